The van der Waals surface area contributed by atoms with Gasteiger partial charge in [0.05, 0.1) is 6.54 Å². The Labute approximate surface area is 86.6 Å². The maximum Gasteiger partial charge on any atom is 0.133 e. The summed E-state index contributed by atoms with van der Waals surface area (Å²) in [5.41, 5.74) is 6.10. The van der Waals surface area contributed by atoms with Crippen LogP contribution in [0.2, 0.25) is 5.15 Å². The molecule has 0 bridgehead atoms. The molecule has 3 N–H and O–H groups in total. The van der Waals surface area contributed by atoms with Crippen LogP contribution >= 0.6 is 23.2 Å². The fourth-order valence-electron chi connectivity index (χ4n) is 0.794. The number of halogens is 2. The van der Waals surface area contributed by atoms with Crippen molar-refractivity contribution in [2.45, 2.75) is 0 Å². The van der Waals surface area contributed by atoms with Crippen molar-refractivity contribution >= 4 is 34.7 Å². The van der Waals surface area contributed by atoms with E-state index in [0.29, 0.717) is 28.2 Å². The Morgan fingerprint density at radius 3 is 2.85 bits per heavy atom. The fourth-order valence-corrected chi connectivity index (χ4v) is 1.08. The molecule has 0 saturated carbocycles. The molecule has 1 heterocycles. The van der Waals surface area contributed by atoms with E-state index in [-0.39, 0.29) is 0 Å². The zero-order valence-corrected chi connectivity index (χ0v) is 8.36. The zero-order valence-electron chi connectivity index (χ0n) is 6.85. The van der Waals surface area contributed by atoms with E-state index in [9.17, 15) is 0 Å². The number of nitrogens with one attached hydrogen (secondary N) is 1. The highest BCUT2D eigenvalue weighted by molar-refractivity contribution is 6.30. The van der Waals surface area contributed by atoms with E-state index in [0.717, 1.165) is 0 Å². The van der Waals surface area contributed by atoms with Crippen LogP contribution in [0.25, 0.3) is 0 Å². The Balaban J connectivity index is 2.71. The molecule has 0 aromatic carbocycles. The van der Waals surface area contributed by atoms with Gasteiger partial charge in [0, 0.05) is 16.8 Å². The van der Waals surface area contributed by atoms with Crippen molar-refractivity contribution in [2.75, 3.05) is 17.6 Å². The van der Waals surface area contributed by atoms with Gasteiger partial charge in [0.1, 0.15) is 11.0 Å². The normalized spacial score (nSPS) is 9.69. The number of nitrogen functional groups attached to an aromatic ring is 1. The number of nitrogens with zero attached hydrogens (tertiary/aromatic N) is 1. The van der Waals surface area contributed by atoms with E-state index in [2.05, 4.69) is 16.9 Å². The summed E-state index contributed by atoms with van der Waals surface area (Å²) < 4.78 is 0. The van der Waals surface area contributed by atoms with E-state index in [1.54, 1.807) is 12.1 Å². The second-order valence-electron chi connectivity index (χ2n) is 2.48. The van der Waals surface area contributed by atoms with Crippen LogP contribution < -0.4 is 11.1 Å². The van der Waals surface area contributed by atoms with Gasteiger partial charge >= 0.3 is 0 Å². The van der Waals surface area contributed by atoms with Gasteiger partial charge in [-0.15, -0.1) is 0 Å². The van der Waals surface area contributed by atoms with Gasteiger partial charge in [-0.2, -0.15) is 0 Å². The standard InChI is InChI=1S/C8H9Cl2N3/c1-5(9)4-12-8-3-6(11)2-7(10)13-8/h2-3H,1,4H2,(H3,11,12,13). The maximum absolute atomic E-state index is 5.68. The lowest BCUT2D eigenvalue weighted by Gasteiger charge is -2.04. The molecule has 0 spiro atoms. The maximum atomic E-state index is 5.68. The number of rotatable bonds is 3. The minimum atomic E-state index is 0.350. The van der Waals surface area contributed by atoms with Gasteiger partial charge in [-0.1, -0.05) is 29.8 Å². The topological polar surface area (TPSA) is 50.9 Å². The van der Waals surface area contributed by atoms with Crippen molar-refractivity contribution in [3.63, 3.8) is 0 Å². The molecule has 0 aliphatic heterocycles. The molecule has 1 aromatic rings. The first-order chi connectivity index (χ1) is 6.08. The van der Waals surface area contributed by atoms with Crippen molar-refractivity contribution in [1.29, 1.82) is 0 Å². The summed E-state index contributed by atoms with van der Waals surface area (Å²) in [6.45, 7) is 3.96. The Hall–Kier alpha value is -0.930. The Bertz CT molecular complexity index is 305. The van der Waals surface area contributed by atoms with Crippen molar-refractivity contribution in [1.82, 2.24) is 4.98 Å². The first-order valence-electron chi connectivity index (χ1n) is 3.58. The Morgan fingerprint density at radius 1 is 1.62 bits per heavy atom. The molecule has 0 aliphatic rings. The highest BCUT2D eigenvalue weighted by Gasteiger charge is 1.98. The molecule has 0 saturated heterocycles. The monoisotopic (exact) mass is 217 g/mol. The highest BCUT2D eigenvalue weighted by Crippen LogP contribution is 2.16. The van der Waals surface area contributed by atoms with Gasteiger partial charge in [0.2, 0.25) is 0 Å². The van der Waals surface area contributed by atoms with Gasteiger partial charge < -0.3 is 11.1 Å². The summed E-state index contributed by atoms with van der Waals surface area (Å²) in [6, 6.07) is 3.24. The summed E-state index contributed by atoms with van der Waals surface area (Å²) in [7, 11) is 0. The van der Waals surface area contributed by atoms with E-state index in [1.165, 1.54) is 0 Å². The molecule has 0 fully saturated rings. The molecule has 0 aliphatic carbocycles. The molecule has 1 rings (SSSR count). The van der Waals surface area contributed by atoms with Crippen molar-refractivity contribution in [2.24, 2.45) is 0 Å². The van der Waals surface area contributed by atoms with Gasteiger partial charge in [-0.05, 0) is 6.07 Å². The first kappa shape index (κ1) is 10.2. The third kappa shape index (κ3) is 3.53. The molecule has 13 heavy (non-hydrogen) atoms. The van der Waals surface area contributed by atoms with Crippen LogP contribution in [0.5, 0.6) is 0 Å². The Morgan fingerprint density at radius 2 is 2.31 bits per heavy atom. The second kappa shape index (κ2) is 4.35. The summed E-state index contributed by atoms with van der Waals surface area (Å²) in [4.78, 5) is 3.98. The van der Waals surface area contributed by atoms with E-state index >= 15 is 0 Å². The first-order valence-corrected chi connectivity index (χ1v) is 4.34. The molecule has 5 heteroatoms. The van der Waals surface area contributed by atoms with Crippen LogP contribution in [0.15, 0.2) is 23.7 Å². The lowest BCUT2D eigenvalue weighted by atomic mass is 10.4. The van der Waals surface area contributed by atoms with Crippen LogP contribution in [0, 0.1) is 0 Å². The average molecular weight is 218 g/mol. The zero-order chi connectivity index (χ0) is 9.84. The van der Waals surface area contributed by atoms with Crippen molar-refractivity contribution < 1.29 is 0 Å². The van der Waals surface area contributed by atoms with Crippen LogP contribution in [-0.4, -0.2) is 11.5 Å². The van der Waals surface area contributed by atoms with E-state index < -0.39 is 0 Å². The number of hydrogen-bond acceptors (Lipinski definition) is 3. The molecule has 0 unspecified atom stereocenters. The predicted octanol–water partition coefficient (Wildman–Crippen LogP) is 2.48. The SMILES string of the molecule is C=C(Cl)CNc1cc(N)cc(Cl)n1. The lowest BCUT2D eigenvalue weighted by molar-refractivity contribution is 1.22. The number of nitrogens with two attached hydrogens (primary N) is 1. The van der Waals surface area contributed by atoms with Gasteiger partial charge in [0.15, 0.2) is 0 Å². The molecule has 3 nitrogen and oxygen atoms in total. The minimum Gasteiger partial charge on any atom is -0.399 e. The molecule has 1 aromatic heterocycles. The molecule has 0 amide bonds. The van der Waals surface area contributed by atoms with E-state index in [4.69, 9.17) is 28.9 Å². The van der Waals surface area contributed by atoms with E-state index in [1.807, 2.05) is 0 Å². The van der Waals surface area contributed by atoms with Gasteiger partial charge in [-0.25, -0.2) is 4.98 Å². The third-order valence-corrected chi connectivity index (χ3v) is 1.60. The summed E-state index contributed by atoms with van der Waals surface area (Å²) in [5.74, 6) is 0.590. The van der Waals surface area contributed by atoms with Crippen LogP contribution in [-0.2, 0) is 0 Å². The Kier molecular flexibility index (Phi) is 3.39. The van der Waals surface area contributed by atoms with Crippen molar-refractivity contribution in [3.8, 4) is 0 Å². The van der Waals surface area contributed by atoms with Gasteiger partial charge in [-0.3, -0.25) is 0 Å². The molecule has 70 valence electrons. The highest BCUT2D eigenvalue weighted by atomic mass is 35.5. The number of anilines is 2. The largest absolute Gasteiger partial charge is 0.399 e. The molecular weight excluding hydrogens is 209 g/mol. The molecular formula is C8H9Cl2N3. The minimum absolute atomic E-state index is 0.350. The average Bonchev–Trinajstić information content (AvgIpc) is 1.99. The second-order valence-corrected chi connectivity index (χ2v) is 3.40. The molecule has 0 atom stereocenters. The van der Waals surface area contributed by atoms with Crippen molar-refractivity contribution in [3.05, 3.63) is 28.9 Å². The quantitative estimate of drug-likeness (QED) is 0.766. The predicted molar refractivity (Wildman–Crippen MR) is 57.1 cm³/mol. The lowest BCUT2D eigenvalue weighted by Crippen LogP contribution is -2.03. The van der Waals surface area contributed by atoms with Crippen LogP contribution in [0.3, 0.4) is 0 Å². The number of hydrogen-bond donors (Lipinski definition) is 2. The smallest absolute Gasteiger partial charge is 0.133 e. The number of pyridine rings is 1. The number of aromatic nitrogens is 1. The summed E-state index contributed by atoms with van der Waals surface area (Å²) >= 11 is 11.2. The fraction of sp³-hybridized carbons (Fsp3) is 0.125. The summed E-state index contributed by atoms with van der Waals surface area (Å²) in [6.07, 6.45) is 0. The van der Waals surface area contributed by atoms with Gasteiger partial charge in [0.25, 0.3) is 0 Å². The third-order valence-electron chi connectivity index (χ3n) is 1.28. The van der Waals surface area contributed by atoms with Crippen LogP contribution in [0.1, 0.15) is 0 Å². The van der Waals surface area contributed by atoms with Crippen LogP contribution in [0.4, 0.5) is 11.5 Å². The molecule has 0 radical (unpaired) electrons. The summed E-state index contributed by atoms with van der Waals surface area (Å²) in [5, 5.41) is 3.77.